The lowest BCUT2D eigenvalue weighted by atomic mass is 9.88. The van der Waals surface area contributed by atoms with Crippen LogP contribution in [0, 0.1) is 5.92 Å². The second-order valence-corrected chi connectivity index (χ2v) is 6.76. The van der Waals surface area contributed by atoms with Gasteiger partial charge in [-0.15, -0.1) is 11.3 Å². The second kappa shape index (κ2) is 6.18. The zero-order valence-electron chi connectivity index (χ0n) is 12.3. The number of nitrogens with zero attached hydrogens (tertiary/aromatic N) is 1. The van der Waals surface area contributed by atoms with E-state index >= 15 is 0 Å². The smallest absolute Gasteiger partial charge is 0.268 e. The summed E-state index contributed by atoms with van der Waals surface area (Å²) in [6.45, 7) is 0.758. The molecule has 3 rings (SSSR count). The van der Waals surface area contributed by atoms with E-state index in [9.17, 15) is 9.59 Å². The van der Waals surface area contributed by atoms with E-state index in [-0.39, 0.29) is 17.9 Å². The first kappa shape index (κ1) is 14.6. The Bertz CT molecular complexity index is 539. The molecule has 1 aromatic rings. The summed E-state index contributed by atoms with van der Waals surface area (Å²) in [5, 5.41) is 1.88. The summed E-state index contributed by atoms with van der Waals surface area (Å²) < 4.78 is 5.28. The number of amides is 1. The summed E-state index contributed by atoms with van der Waals surface area (Å²) >= 11 is 1.42. The highest BCUT2D eigenvalue weighted by Crippen LogP contribution is 2.35. The highest BCUT2D eigenvalue weighted by molar-refractivity contribution is 7.12. The summed E-state index contributed by atoms with van der Waals surface area (Å²) in [6.07, 6.45) is 5.69. The third-order valence-electron chi connectivity index (χ3n) is 4.67. The van der Waals surface area contributed by atoms with Crippen molar-refractivity contribution < 1.29 is 14.3 Å². The van der Waals surface area contributed by atoms with E-state index in [0.717, 1.165) is 38.6 Å². The van der Waals surface area contributed by atoms with E-state index in [2.05, 4.69) is 0 Å². The van der Waals surface area contributed by atoms with Crippen LogP contribution in [0.25, 0.3) is 0 Å². The highest BCUT2D eigenvalue weighted by atomic mass is 32.1. The van der Waals surface area contributed by atoms with E-state index in [1.54, 1.807) is 7.11 Å². The van der Waals surface area contributed by atoms with Crippen molar-refractivity contribution in [3.05, 3.63) is 16.3 Å². The normalized spacial score (nSPS) is 26.1. The molecule has 21 heavy (non-hydrogen) atoms. The van der Waals surface area contributed by atoms with Crippen molar-refractivity contribution in [2.45, 2.75) is 44.6 Å². The van der Waals surface area contributed by atoms with Crippen molar-refractivity contribution >= 4 is 23.0 Å². The van der Waals surface area contributed by atoms with Crippen LogP contribution in [0.1, 0.15) is 48.2 Å². The fraction of sp³-hybridized carbons (Fsp3) is 0.625. The average molecular weight is 307 g/mol. The Labute approximate surface area is 129 Å². The van der Waals surface area contributed by atoms with Crippen LogP contribution < -0.4 is 4.74 Å². The van der Waals surface area contributed by atoms with Crippen LogP contribution in [0.5, 0.6) is 5.75 Å². The fourth-order valence-corrected chi connectivity index (χ4v) is 4.44. The minimum Gasteiger partial charge on any atom is -0.495 e. The number of hydrogen-bond acceptors (Lipinski definition) is 4. The monoisotopic (exact) mass is 307 g/mol. The fourth-order valence-electron chi connectivity index (χ4n) is 3.62. The van der Waals surface area contributed by atoms with Gasteiger partial charge < -0.3 is 9.64 Å². The van der Waals surface area contributed by atoms with Crippen LogP contribution >= 0.6 is 11.3 Å². The van der Waals surface area contributed by atoms with Crippen LogP contribution in [0.15, 0.2) is 11.4 Å². The summed E-state index contributed by atoms with van der Waals surface area (Å²) in [7, 11) is 1.59. The van der Waals surface area contributed by atoms with Gasteiger partial charge in [0.15, 0.2) is 0 Å². The number of Topliss-reactive ketones (excluding diaryl/α,β-unsaturated/α-hetero) is 1. The van der Waals surface area contributed by atoms with E-state index in [1.807, 2.05) is 16.3 Å². The van der Waals surface area contributed by atoms with Gasteiger partial charge in [0, 0.05) is 24.9 Å². The van der Waals surface area contributed by atoms with Crippen LogP contribution in [-0.2, 0) is 4.79 Å². The molecule has 0 bridgehead atoms. The van der Waals surface area contributed by atoms with Crippen molar-refractivity contribution in [3.63, 3.8) is 0 Å². The number of carbonyl (C=O) groups is 2. The van der Waals surface area contributed by atoms with E-state index < -0.39 is 0 Å². The molecule has 1 aliphatic heterocycles. The van der Waals surface area contributed by atoms with Gasteiger partial charge in [-0.05, 0) is 43.6 Å². The molecule has 2 unspecified atom stereocenters. The summed E-state index contributed by atoms with van der Waals surface area (Å²) in [4.78, 5) is 27.5. The molecular formula is C16H21NO3S. The van der Waals surface area contributed by atoms with Gasteiger partial charge in [0.2, 0.25) is 0 Å². The third-order valence-corrected chi connectivity index (χ3v) is 5.55. The zero-order chi connectivity index (χ0) is 14.8. The SMILES string of the molecule is COc1ccsc1C(=O)N1CCCCC1C1CCCC1=O. The third kappa shape index (κ3) is 2.71. The molecule has 1 saturated carbocycles. The molecule has 4 nitrogen and oxygen atoms in total. The first-order valence-corrected chi connectivity index (χ1v) is 8.55. The Kier molecular flexibility index (Phi) is 4.29. The van der Waals surface area contributed by atoms with Crippen molar-refractivity contribution in [2.24, 2.45) is 5.92 Å². The largest absolute Gasteiger partial charge is 0.495 e. The van der Waals surface area contributed by atoms with Gasteiger partial charge in [0.05, 0.1) is 7.11 Å². The maximum atomic E-state index is 12.9. The number of hydrogen-bond donors (Lipinski definition) is 0. The number of piperidine rings is 1. The minimum atomic E-state index is 0.0336. The Balaban J connectivity index is 1.84. The van der Waals surface area contributed by atoms with Gasteiger partial charge in [0.25, 0.3) is 5.91 Å². The van der Waals surface area contributed by atoms with Crippen LogP contribution in [0.2, 0.25) is 0 Å². The number of likely N-dealkylation sites (tertiary alicyclic amines) is 1. The molecule has 5 heteroatoms. The van der Waals surface area contributed by atoms with Gasteiger partial charge in [0.1, 0.15) is 16.4 Å². The lowest BCUT2D eigenvalue weighted by molar-refractivity contribution is -0.122. The molecule has 2 fully saturated rings. The zero-order valence-corrected chi connectivity index (χ0v) is 13.2. The lowest BCUT2D eigenvalue weighted by Gasteiger charge is -2.38. The Morgan fingerprint density at radius 3 is 2.90 bits per heavy atom. The Hall–Kier alpha value is -1.36. The molecule has 1 saturated heterocycles. The Morgan fingerprint density at radius 1 is 1.33 bits per heavy atom. The quantitative estimate of drug-likeness (QED) is 0.862. The number of ether oxygens (including phenoxy) is 1. The molecule has 2 heterocycles. The molecule has 1 amide bonds. The maximum Gasteiger partial charge on any atom is 0.268 e. The molecule has 2 atom stereocenters. The first-order valence-electron chi connectivity index (χ1n) is 7.67. The van der Waals surface area contributed by atoms with Crippen molar-refractivity contribution in [1.29, 1.82) is 0 Å². The van der Waals surface area contributed by atoms with E-state index in [1.165, 1.54) is 11.3 Å². The lowest BCUT2D eigenvalue weighted by Crippen LogP contribution is -2.48. The van der Waals surface area contributed by atoms with Crippen molar-refractivity contribution in [1.82, 2.24) is 4.90 Å². The van der Waals surface area contributed by atoms with E-state index in [0.29, 0.717) is 22.8 Å². The van der Waals surface area contributed by atoms with E-state index in [4.69, 9.17) is 4.74 Å². The van der Waals surface area contributed by atoms with Crippen LogP contribution in [0.3, 0.4) is 0 Å². The second-order valence-electron chi connectivity index (χ2n) is 5.84. The van der Waals surface area contributed by atoms with Crippen LogP contribution in [0.4, 0.5) is 0 Å². The van der Waals surface area contributed by atoms with Gasteiger partial charge in [-0.25, -0.2) is 0 Å². The average Bonchev–Trinajstić information content (AvgIpc) is 3.14. The first-order chi connectivity index (χ1) is 10.2. The summed E-state index contributed by atoms with van der Waals surface area (Å²) in [5.74, 6) is 1.08. The molecule has 0 radical (unpaired) electrons. The minimum absolute atomic E-state index is 0.0336. The molecule has 1 aromatic heterocycles. The van der Waals surface area contributed by atoms with Gasteiger partial charge in [-0.3, -0.25) is 9.59 Å². The molecular weight excluding hydrogens is 286 g/mol. The van der Waals surface area contributed by atoms with Crippen molar-refractivity contribution in [3.8, 4) is 5.75 Å². The molecule has 0 spiro atoms. The highest BCUT2D eigenvalue weighted by Gasteiger charge is 2.39. The van der Waals surface area contributed by atoms with Crippen LogP contribution in [-0.4, -0.2) is 36.3 Å². The van der Waals surface area contributed by atoms with Gasteiger partial charge in [-0.2, -0.15) is 0 Å². The molecule has 1 aliphatic carbocycles. The summed E-state index contributed by atoms with van der Waals surface area (Å²) in [5.41, 5.74) is 0. The number of methoxy groups -OCH3 is 1. The predicted octanol–water partition coefficient (Wildman–Crippen LogP) is 3.12. The van der Waals surface area contributed by atoms with Crippen molar-refractivity contribution in [2.75, 3.05) is 13.7 Å². The number of thiophene rings is 1. The number of rotatable bonds is 3. The summed E-state index contributed by atoms with van der Waals surface area (Å²) in [6, 6.07) is 1.92. The number of carbonyl (C=O) groups excluding carboxylic acids is 2. The maximum absolute atomic E-state index is 12.9. The molecule has 0 N–H and O–H groups in total. The van der Waals surface area contributed by atoms with Gasteiger partial charge in [-0.1, -0.05) is 0 Å². The Morgan fingerprint density at radius 2 is 2.19 bits per heavy atom. The molecule has 114 valence electrons. The predicted molar refractivity (Wildman–Crippen MR) is 81.9 cm³/mol. The molecule has 0 aromatic carbocycles. The topological polar surface area (TPSA) is 46.6 Å². The molecule has 2 aliphatic rings. The van der Waals surface area contributed by atoms with Gasteiger partial charge >= 0.3 is 0 Å². The number of ketones is 1. The standard InChI is InChI=1S/C16H21NO3S/c1-20-14-8-10-21-15(14)16(19)17-9-3-2-6-12(17)11-5-4-7-13(11)18/h8,10-12H,2-7,9H2,1H3.